The highest BCUT2D eigenvalue weighted by molar-refractivity contribution is 7.90. The Kier molecular flexibility index (Phi) is 13.1. The summed E-state index contributed by atoms with van der Waals surface area (Å²) in [5.74, 6) is -1.79. The first-order chi connectivity index (χ1) is 32.2. The van der Waals surface area contributed by atoms with E-state index in [1.54, 1.807) is 35.7 Å². The van der Waals surface area contributed by atoms with Gasteiger partial charge in [0.15, 0.2) is 0 Å². The van der Waals surface area contributed by atoms with E-state index in [1.165, 1.54) is 47.7 Å². The number of fused-ring (bicyclic) bond motifs is 1. The van der Waals surface area contributed by atoms with Crippen LogP contribution in [0.25, 0.3) is 27.7 Å². The van der Waals surface area contributed by atoms with E-state index < -0.39 is 43.1 Å². The summed E-state index contributed by atoms with van der Waals surface area (Å²) >= 11 is 1.59. The zero-order valence-electron chi connectivity index (χ0n) is 36.9. The lowest BCUT2D eigenvalue weighted by Crippen LogP contribution is -2.47. The summed E-state index contributed by atoms with van der Waals surface area (Å²) in [5, 5.41) is 17.7. The molecule has 3 aliphatic rings. The maximum absolute atomic E-state index is 14.8. The van der Waals surface area contributed by atoms with Crippen molar-refractivity contribution in [2.75, 3.05) is 69.3 Å². The monoisotopic (exact) mass is 953 g/mol. The van der Waals surface area contributed by atoms with E-state index >= 15 is 0 Å². The number of ether oxygens (including phenoxy) is 3. The van der Waals surface area contributed by atoms with Crippen molar-refractivity contribution >= 4 is 60.9 Å². The number of aromatic amines is 1. The Balaban J connectivity index is 0.924. The molecule has 6 aromatic rings. The molecule has 9 rings (SSSR count). The van der Waals surface area contributed by atoms with Crippen molar-refractivity contribution in [3.8, 4) is 22.6 Å². The summed E-state index contributed by atoms with van der Waals surface area (Å²) in [4.78, 5) is 38.0. The van der Waals surface area contributed by atoms with E-state index in [1.807, 2.05) is 17.5 Å². The molecule has 0 bridgehead atoms. The van der Waals surface area contributed by atoms with Gasteiger partial charge in [-0.1, -0.05) is 19.4 Å². The van der Waals surface area contributed by atoms with Gasteiger partial charge in [0.1, 0.15) is 34.5 Å². The fourth-order valence-corrected chi connectivity index (χ4v) is 10.7. The third-order valence-corrected chi connectivity index (χ3v) is 14.7. The maximum atomic E-state index is 14.8. The van der Waals surface area contributed by atoms with Crippen molar-refractivity contribution in [1.29, 1.82) is 0 Å². The summed E-state index contributed by atoms with van der Waals surface area (Å²) in [6.07, 6.45) is 5.77. The fourth-order valence-electron chi connectivity index (χ4n) is 8.74. The van der Waals surface area contributed by atoms with Crippen molar-refractivity contribution in [3.05, 3.63) is 128 Å². The lowest BCUT2D eigenvalue weighted by molar-refractivity contribution is -0.384. The Morgan fingerprint density at radius 1 is 1.04 bits per heavy atom. The van der Waals surface area contributed by atoms with Crippen molar-refractivity contribution in [1.82, 2.24) is 19.6 Å². The Labute approximate surface area is 390 Å². The molecule has 2 saturated heterocycles. The van der Waals surface area contributed by atoms with Crippen molar-refractivity contribution in [2.24, 2.45) is 5.41 Å². The highest BCUT2D eigenvalue weighted by Gasteiger charge is 2.31. The molecule has 2 aliphatic heterocycles. The van der Waals surface area contributed by atoms with Crippen LogP contribution in [-0.2, 0) is 19.5 Å². The molecule has 1 atom stereocenters. The van der Waals surface area contributed by atoms with Crippen molar-refractivity contribution in [3.63, 3.8) is 0 Å². The molecule has 2 fully saturated rings. The average Bonchev–Trinajstić information content (AvgIpc) is 4.00. The molecule has 350 valence electrons. The van der Waals surface area contributed by atoms with Gasteiger partial charge in [-0.15, -0.1) is 11.3 Å². The number of aromatic nitrogens is 2. The van der Waals surface area contributed by atoms with Gasteiger partial charge in [0.25, 0.3) is 21.6 Å². The van der Waals surface area contributed by atoms with Crippen LogP contribution in [0.15, 0.2) is 101 Å². The molecule has 0 radical (unpaired) electrons. The second-order valence-electron chi connectivity index (χ2n) is 17.7. The van der Waals surface area contributed by atoms with Crippen LogP contribution in [0.1, 0.15) is 48.3 Å². The number of anilines is 2. The summed E-state index contributed by atoms with van der Waals surface area (Å²) in [7, 11) is -4.61. The number of hydrogen-bond acceptors (Lipinski definition) is 13. The number of thiophene rings is 1. The molecule has 5 heterocycles. The number of pyridine rings is 1. The lowest BCUT2D eigenvalue weighted by atomic mass is 9.73. The Hall–Kier alpha value is -6.25. The van der Waals surface area contributed by atoms with Crippen LogP contribution in [0, 0.1) is 27.2 Å². The van der Waals surface area contributed by atoms with Gasteiger partial charge < -0.3 is 29.4 Å². The Morgan fingerprint density at radius 2 is 1.88 bits per heavy atom. The molecule has 3 aromatic heterocycles. The number of sulfonamides is 1. The van der Waals surface area contributed by atoms with Crippen molar-refractivity contribution in [2.45, 2.75) is 44.1 Å². The zero-order valence-corrected chi connectivity index (χ0v) is 38.5. The number of hydrogen-bond donors (Lipinski definition) is 3. The molecule has 19 heteroatoms. The third kappa shape index (κ3) is 10.5. The number of halogens is 2. The van der Waals surface area contributed by atoms with E-state index in [9.17, 15) is 32.1 Å². The first-order valence-corrected chi connectivity index (χ1v) is 24.3. The predicted octanol–water partition coefficient (Wildman–Crippen LogP) is 9.00. The van der Waals surface area contributed by atoms with Gasteiger partial charge in [-0.2, -0.15) is 0 Å². The summed E-state index contributed by atoms with van der Waals surface area (Å²) < 4.78 is 75.2. The normalized spacial score (nSPS) is 18.0. The molecule has 3 N–H and O–H groups in total. The number of carbonyl (C=O) groups excluding carboxylic acids is 1. The van der Waals surface area contributed by atoms with Gasteiger partial charge in [0.2, 0.25) is 0 Å². The minimum absolute atomic E-state index is 0.0822. The van der Waals surface area contributed by atoms with E-state index in [4.69, 9.17) is 14.2 Å². The van der Waals surface area contributed by atoms with Gasteiger partial charge in [0, 0.05) is 85.2 Å². The molecular weight excluding hydrogens is 905 g/mol. The molecule has 15 nitrogen and oxygen atoms in total. The van der Waals surface area contributed by atoms with Crippen molar-refractivity contribution < 1.29 is 41.1 Å². The average molecular weight is 954 g/mol. The van der Waals surface area contributed by atoms with E-state index in [-0.39, 0.29) is 35.1 Å². The second kappa shape index (κ2) is 19.2. The number of H-pyrrole nitrogens is 1. The minimum atomic E-state index is -4.61. The van der Waals surface area contributed by atoms with Crippen LogP contribution in [0.5, 0.6) is 11.5 Å². The number of nitro benzene ring substituents is 1. The number of nitro groups is 1. The zero-order chi connectivity index (χ0) is 46.9. The van der Waals surface area contributed by atoms with Gasteiger partial charge in [-0.3, -0.25) is 19.8 Å². The first kappa shape index (κ1) is 45.9. The predicted molar refractivity (Wildman–Crippen MR) is 252 cm³/mol. The second-order valence-corrected chi connectivity index (χ2v) is 20.3. The summed E-state index contributed by atoms with van der Waals surface area (Å²) in [6, 6.07) is 17.6. The molecule has 0 spiro atoms. The lowest BCUT2D eigenvalue weighted by Gasteiger charge is -2.39. The van der Waals surface area contributed by atoms with Crippen LogP contribution in [0.4, 0.5) is 25.8 Å². The molecular formula is C48H49F2N7O8S2. The number of allylic oxidation sites excluding steroid dienone is 1. The number of amides is 1. The Bertz CT molecular complexity index is 2980. The van der Waals surface area contributed by atoms with E-state index in [0.717, 1.165) is 72.5 Å². The highest BCUT2D eigenvalue weighted by Crippen LogP contribution is 2.46. The van der Waals surface area contributed by atoms with Gasteiger partial charge in [-0.25, -0.2) is 26.9 Å². The number of benzene rings is 3. The van der Waals surface area contributed by atoms with Gasteiger partial charge in [0.05, 0.1) is 47.5 Å². The first-order valence-electron chi connectivity index (χ1n) is 21.9. The number of nitrogens with zero attached hydrogens (tertiary/aromatic N) is 4. The van der Waals surface area contributed by atoms with Crippen LogP contribution < -0.4 is 19.7 Å². The van der Waals surface area contributed by atoms with Crippen LogP contribution >= 0.6 is 11.3 Å². The molecule has 3 aromatic carbocycles. The third-order valence-electron chi connectivity index (χ3n) is 12.4. The molecule has 1 unspecified atom stereocenters. The van der Waals surface area contributed by atoms with Gasteiger partial charge in [-0.05, 0) is 95.8 Å². The number of carbonyl (C=O) groups is 1. The molecule has 0 saturated carbocycles. The largest absolute Gasteiger partial charge is 0.455 e. The smallest absolute Gasteiger partial charge is 0.293 e. The van der Waals surface area contributed by atoms with E-state index in [0.29, 0.717) is 49.9 Å². The van der Waals surface area contributed by atoms with Gasteiger partial charge >= 0.3 is 0 Å². The Morgan fingerprint density at radius 3 is 2.66 bits per heavy atom. The summed E-state index contributed by atoms with van der Waals surface area (Å²) in [5.41, 5.74) is 4.75. The maximum Gasteiger partial charge on any atom is 0.293 e. The van der Waals surface area contributed by atoms with Crippen LogP contribution in [0.2, 0.25) is 0 Å². The van der Waals surface area contributed by atoms with Crippen LogP contribution in [-0.4, -0.2) is 99.3 Å². The van der Waals surface area contributed by atoms with Crippen LogP contribution in [0.3, 0.4) is 0 Å². The molecule has 67 heavy (non-hydrogen) atoms. The fraction of sp³-hybridized carbons (Fsp3) is 0.333. The standard InChI is InChI=1S/C48H49F2N7O8S2/c1-48(2)11-9-31(40(24-48)45-20-32(29-66-45)38-6-3-33(49)21-41(38)50)27-55-13-15-56(16-14-55)34-4-7-39(44(22-34)65-35-19-30-10-12-51-46(30)53-25-35)47(58)54-67(61,62)37-5-8-42(43(23-37)57(59)60)52-26-36-28-63-17-18-64-36/h3-8,10,12,19-23,25,29,36,52H,9,11,13-18,24,26-28H2,1-2H3,(H,51,53)(H,54,58). The molecule has 1 amide bonds. The number of piperazine rings is 1. The minimum Gasteiger partial charge on any atom is -0.455 e. The SMILES string of the molecule is CC1(C)CCC(CN2CCN(c3ccc(C(=O)NS(=O)(=O)c4ccc(NCC5COCCO5)c([N+](=O)[O-])c4)c(Oc4cnc5[nH]ccc5c4)c3)CC2)=C(c2cc(-c3ccc(F)cc3F)cs2)C1. The quantitative estimate of drug-likeness (QED) is 0.0698. The number of rotatable bonds is 14. The topological polar surface area (TPSA) is 181 Å². The highest BCUT2D eigenvalue weighted by atomic mass is 32.2. The van der Waals surface area contributed by atoms with E-state index in [2.05, 4.69) is 43.7 Å². The summed E-state index contributed by atoms with van der Waals surface area (Å²) in [6.45, 7) is 9.47. The number of nitrogens with one attached hydrogen (secondary N) is 3. The molecule has 1 aliphatic carbocycles.